The molecule has 2 heteroatoms. The smallest absolute Gasteiger partial charge is 0.0671 e. The lowest BCUT2D eigenvalue weighted by atomic mass is 9.95. The second-order valence-electron chi connectivity index (χ2n) is 5.63. The molecule has 0 amide bonds. The molecule has 0 aromatic heterocycles. The zero-order chi connectivity index (χ0) is 12.6. The van der Waals surface area contributed by atoms with Gasteiger partial charge in [-0.2, -0.15) is 0 Å². The Bertz CT molecular complexity index is 147. The van der Waals surface area contributed by atoms with Crippen molar-refractivity contribution in [2.45, 2.75) is 66.5 Å². The van der Waals surface area contributed by atoms with E-state index < -0.39 is 0 Å². The maximum Gasteiger partial charge on any atom is 0.0671 e. The van der Waals surface area contributed by atoms with Gasteiger partial charge in [0.25, 0.3) is 0 Å². The molecule has 0 spiro atoms. The second-order valence-corrected chi connectivity index (χ2v) is 5.63. The van der Waals surface area contributed by atoms with Crippen LogP contribution in [0, 0.1) is 11.8 Å². The summed E-state index contributed by atoms with van der Waals surface area (Å²) in [5.74, 6) is 1.53. The molecular weight excluding hydrogens is 198 g/mol. The Labute approximate surface area is 102 Å². The SMILES string of the molecule is CCOC(C)CNC(CC(C)C)CC(C)C. The van der Waals surface area contributed by atoms with E-state index in [1.807, 2.05) is 0 Å². The van der Waals surface area contributed by atoms with Crippen LogP contribution < -0.4 is 5.32 Å². The Morgan fingerprint density at radius 1 is 0.938 bits per heavy atom. The lowest BCUT2D eigenvalue weighted by molar-refractivity contribution is 0.0726. The van der Waals surface area contributed by atoms with Crippen LogP contribution in [-0.2, 0) is 4.74 Å². The minimum atomic E-state index is 0.326. The van der Waals surface area contributed by atoms with Crippen molar-refractivity contribution < 1.29 is 4.74 Å². The van der Waals surface area contributed by atoms with E-state index in [2.05, 4.69) is 46.9 Å². The standard InChI is InChI=1S/C14H31NO/c1-7-16-13(6)10-15-14(8-11(2)3)9-12(4)5/h11-15H,7-10H2,1-6H3. The minimum absolute atomic E-state index is 0.326. The zero-order valence-electron chi connectivity index (χ0n) is 12.0. The van der Waals surface area contributed by atoms with Gasteiger partial charge in [0.05, 0.1) is 6.10 Å². The summed E-state index contributed by atoms with van der Waals surface area (Å²) in [5, 5.41) is 3.64. The molecule has 16 heavy (non-hydrogen) atoms. The molecule has 0 aliphatic rings. The molecule has 0 rings (SSSR count). The van der Waals surface area contributed by atoms with Crippen LogP contribution in [0.4, 0.5) is 0 Å². The van der Waals surface area contributed by atoms with Gasteiger partial charge in [0.15, 0.2) is 0 Å². The van der Waals surface area contributed by atoms with E-state index in [4.69, 9.17) is 4.74 Å². The first-order valence-electron chi connectivity index (χ1n) is 6.80. The minimum Gasteiger partial charge on any atom is -0.377 e. The molecule has 0 radical (unpaired) electrons. The average Bonchev–Trinajstić information content (AvgIpc) is 2.13. The maximum absolute atomic E-state index is 5.54. The quantitative estimate of drug-likeness (QED) is 0.654. The van der Waals surface area contributed by atoms with Crippen molar-refractivity contribution >= 4 is 0 Å². The first-order chi connectivity index (χ1) is 7.45. The van der Waals surface area contributed by atoms with Crippen LogP contribution in [0.3, 0.4) is 0 Å². The van der Waals surface area contributed by atoms with E-state index in [1.165, 1.54) is 12.8 Å². The molecule has 0 aromatic rings. The number of hydrogen-bond donors (Lipinski definition) is 1. The summed E-state index contributed by atoms with van der Waals surface area (Å²) in [5.41, 5.74) is 0. The van der Waals surface area contributed by atoms with Crippen LogP contribution in [-0.4, -0.2) is 25.3 Å². The molecule has 0 heterocycles. The maximum atomic E-state index is 5.54. The Morgan fingerprint density at radius 2 is 1.44 bits per heavy atom. The highest BCUT2D eigenvalue weighted by molar-refractivity contribution is 4.71. The van der Waals surface area contributed by atoms with E-state index in [0.717, 1.165) is 25.0 Å². The molecule has 0 saturated heterocycles. The fourth-order valence-corrected chi connectivity index (χ4v) is 2.08. The van der Waals surface area contributed by atoms with Gasteiger partial charge in [-0.3, -0.25) is 0 Å². The van der Waals surface area contributed by atoms with Crippen molar-refractivity contribution in [3.63, 3.8) is 0 Å². The van der Waals surface area contributed by atoms with Crippen molar-refractivity contribution in [2.75, 3.05) is 13.2 Å². The van der Waals surface area contributed by atoms with Gasteiger partial charge < -0.3 is 10.1 Å². The highest BCUT2D eigenvalue weighted by Crippen LogP contribution is 2.13. The van der Waals surface area contributed by atoms with E-state index in [-0.39, 0.29) is 0 Å². The number of hydrogen-bond acceptors (Lipinski definition) is 2. The summed E-state index contributed by atoms with van der Waals surface area (Å²) in [4.78, 5) is 0. The number of nitrogens with one attached hydrogen (secondary N) is 1. The lowest BCUT2D eigenvalue weighted by Gasteiger charge is -2.24. The van der Waals surface area contributed by atoms with Gasteiger partial charge in [-0.15, -0.1) is 0 Å². The van der Waals surface area contributed by atoms with E-state index in [1.54, 1.807) is 0 Å². The highest BCUT2D eigenvalue weighted by Gasteiger charge is 2.13. The van der Waals surface area contributed by atoms with Crippen molar-refractivity contribution in [1.82, 2.24) is 5.32 Å². The van der Waals surface area contributed by atoms with Crippen molar-refractivity contribution in [1.29, 1.82) is 0 Å². The van der Waals surface area contributed by atoms with Gasteiger partial charge in [-0.25, -0.2) is 0 Å². The summed E-state index contributed by atoms with van der Waals surface area (Å²) in [7, 11) is 0. The molecule has 1 N–H and O–H groups in total. The van der Waals surface area contributed by atoms with Crippen LogP contribution >= 0.6 is 0 Å². The zero-order valence-corrected chi connectivity index (χ0v) is 12.0. The first kappa shape index (κ1) is 15.9. The van der Waals surface area contributed by atoms with Gasteiger partial charge in [-0.05, 0) is 38.5 Å². The summed E-state index contributed by atoms with van der Waals surface area (Å²) in [6.07, 6.45) is 2.85. The Balaban J connectivity index is 3.90. The van der Waals surface area contributed by atoms with E-state index in [0.29, 0.717) is 12.1 Å². The Hall–Kier alpha value is -0.0800. The lowest BCUT2D eigenvalue weighted by Crippen LogP contribution is -2.37. The number of rotatable bonds is 9. The molecule has 0 aliphatic carbocycles. The molecule has 1 unspecified atom stereocenters. The average molecular weight is 229 g/mol. The molecule has 98 valence electrons. The van der Waals surface area contributed by atoms with Gasteiger partial charge in [0.1, 0.15) is 0 Å². The van der Waals surface area contributed by atoms with Crippen LogP contribution in [0.1, 0.15) is 54.4 Å². The van der Waals surface area contributed by atoms with E-state index >= 15 is 0 Å². The van der Waals surface area contributed by atoms with Crippen molar-refractivity contribution in [3.8, 4) is 0 Å². The van der Waals surface area contributed by atoms with E-state index in [9.17, 15) is 0 Å². The molecule has 0 saturated carbocycles. The van der Waals surface area contributed by atoms with Crippen LogP contribution in [0.25, 0.3) is 0 Å². The third kappa shape index (κ3) is 9.17. The normalized spacial score (nSPS) is 14.1. The van der Waals surface area contributed by atoms with Crippen LogP contribution in [0.2, 0.25) is 0 Å². The van der Waals surface area contributed by atoms with Gasteiger partial charge in [0, 0.05) is 19.2 Å². The highest BCUT2D eigenvalue weighted by atomic mass is 16.5. The molecule has 1 atom stereocenters. The molecule has 0 aromatic carbocycles. The molecule has 0 fully saturated rings. The molecule has 0 aliphatic heterocycles. The second kappa shape index (κ2) is 9.00. The predicted octanol–water partition coefficient (Wildman–Crippen LogP) is 3.46. The third-order valence-electron chi connectivity index (χ3n) is 2.66. The monoisotopic (exact) mass is 229 g/mol. The topological polar surface area (TPSA) is 21.3 Å². The fraction of sp³-hybridized carbons (Fsp3) is 1.00. The van der Waals surface area contributed by atoms with Crippen molar-refractivity contribution in [2.24, 2.45) is 11.8 Å². The molecule has 0 bridgehead atoms. The Morgan fingerprint density at radius 3 is 1.81 bits per heavy atom. The van der Waals surface area contributed by atoms with Crippen molar-refractivity contribution in [3.05, 3.63) is 0 Å². The molecular formula is C14H31NO. The summed E-state index contributed by atoms with van der Waals surface area (Å²) < 4.78 is 5.54. The first-order valence-corrected chi connectivity index (χ1v) is 6.80. The molecule has 2 nitrogen and oxygen atoms in total. The van der Waals surface area contributed by atoms with Gasteiger partial charge in [0.2, 0.25) is 0 Å². The van der Waals surface area contributed by atoms with Gasteiger partial charge >= 0.3 is 0 Å². The summed E-state index contributed by atoms with van der Waals surface area (Å²) in [6.45, 7) is 15.1. The van der Waals surface area contributed by atoms with Crippen LogP contribution in [0.5, 0.6) is 0 Å². The summed E-state index contributed by atoms with van der Waals surface area (Å²) >= 11 is 0. The third-order valence-corrected chi connectivity index (χ3v) is 2.66. The number of ether oxygens (including phenoxy) is 1. The summed E-state index contributed by atoms with van der Waals surface area (Å²) in [6, 6.07) is 0.642. The van der Waals surface area contributed by atoms with Crippen LogP contribution in [0.15, 0.2) is 0 Å². The predicted molar refractivity (Wildman–Crippen MR) is 71.8 cm³/mol. The van der Waals surface area contributed by atoms with Gasteiger partial charge in [-0.1, -0.05) is 27.7 Å². The fourth-order valence-electron chi connectivity index (χ4n) is 2.08. The largest absolute Gasteiger partial charge is 0.377 e. The Kier molecular flexibility index (Phi) is 8.96.